The van der Waals surface area contributed by atoms with Gasteiger partial charge in [0, 0.05) is 6.54 Å². The molecule has 0 aliphatic heterocycles. The van der Waals surface area contributed by atoms with Crippen LogP contribution in [0.15, 0.2) is 54.6 Å². The lowest BCUT2D eigenvalue weighted by atomic mass is 10.0. The largest absolute Gasteiger partial charge is 0.352 e. The van der Waals surface area contributed by atoms with Gasteiger partial charge >= 0.3 is 0 Å². The monoisotopic (exact) mass is 399 g/mol. The van der Waals surface area contributed by atoms with E-state index in [1.165, 1.54) is 12.1 Å². The second-order valence-corrected chi connectivity index (χ2v) is 7.73. The molecule has 2 aromatic rings. The van der Waals surface area contributed by atoms with Crippen LogP contribution in [0.3, 0.4) is 0 Å². The summed E-state index contributed by atoms with van der Waals surface area (Å²) in [5.41, 5.74) is 1.68. The number of hydrogen-bond donors (Lipinski definition) is 2. The highest BCUT2D eigenvalue weighted by Crippen LogP contribution is 2.18. The van der Waals surface area contributed by atoms with E-state index in [1.54, 1.807) is 6.07 Å². The summed E-state index contributed by atoms with van der Waals surface area (Å²) in [6, 6.07) is 15.0. The summed E-state index contributed by atoms with van der Waals surface area (Å²) in [5, 5.41) is 5.76. The quantitative estimate of drug-likeness (QED) is 0.682. The van der Waals surface area contributed by atoms with Crippen LogP contribution in [0.1, 0.15) is 31.0 Å². The summed E-state index contributed by atoms with van der Waals surface area (Å²) in [5.74, 6) is -0.820. The highest BCUT2D eigenvalue weighted by molar-refractivity contribution is 5.88. The zero-order valence-electron chi connectivity index (χ0n) is 17.5. The molecule has 0 saturated carbocycles. The first-order chi connectivity index (χ1) is 13.8. The molecule has 2 N–H and O–H groups in total. The molecule has 6 heteroatoms. The molecule has 0 spiro atoms. The molecule has 0 fully saturated rings. The van der Waals surface area contributed by atoms with Gasteiger partial charge in [-0.05, 0) is 43.3 Å². The van der Waals surface area contributed by atoms with Crippen molar-refractivity contribution >= 4 is 11.8 Å². The van der Waals surface area contributed by atoms with Crippen molar-refractivity contribution in [1.29, 1.82) is 0 Å². The van der Waals surface area contributed by atoms with E-state index in [-0.39, 0.29) is 36.0 Å². The van der Waals surface area contributed by atoms with Gasteiger partial charge in [-0.25, -0.2) is 4.39 Å². The van der Waals surface area contributed by atoms with Crippen LogP contribution in [-0.4, -0.2) is 43.4 Å². The predicted octanol–water partition coefficient (Wildman–Crippen LogP) is 2.93. The van der Waals surface area contributed by atoms with E-state index >= 15 is 0 Å². The number of likely N-dealkylation sites (N-methyl/N-ethyl adjacent to an activating group) is 1. The standard InChI is InChI=1S/C23H30FN3O2/c1-16(2)22(26-21(28)13-17-9-6-5-7-10-17)23(29)25-15-20(27(3)4)18-11-8-12-19(24)14-18/h5-12,14,16,20,22H,13,15H2,1-4H3,(H,25,29)(H,26,28). The van der Waals surface area contributed by atoms with Crippen molar-refractivity contribution in [1.82, 2.24) is 15.5 Å². The fraction of sp³-hybridized carbons (Fsp3) is 0.391. The van der Waals surface area contributed by atoms with Gasteiger partial charge in [0.25, 0.3) is 0 Å². The topological polar surface area (TPSA) is 61.4 Å². The van der Waals surface area contributed by atoms with E-state index < -0.39 is 6.04 Å². The van der Waals surface area contributed by atoms with E-state index in [0.717, 1.165) is 11.1 Å². The first-order valence-corrected chi connectivity index (χ1v) is 9.80. The predicted molar refractivity (Wildman–Crippen MR) is 113 cm³/mol. The van der Waals surface area contributed by atoms with Crippen LogP contribution in [0.4, 0.5) is 4.39 Å². The van der Waals surface area contributed by atoms with Crippen LogP contribution in [0, 0.1) is 11.7 Å². The first kappa shape index (κ1) is 22.6. The molecule has 2 atom stereocenters. The van der Waals surface area contributed by atoms with Crippen molar-refractivity contribution in [2.24, 2.45) is 5.92 Å². The number of rotatable bonds is 9. The molecule has 0 bridgehead atoms. The summed E-state index contributed by atoms with van der Waals surface area (Å²) in [7, 11) is 3.76. The third-order valence-electron chi connectivity index (χ3n) is 4.80. The lowest BCUT2D eigenvalue weighted by molar-refractivity contribution is -0.129. The minimum Gasteiger partial charge on any atom is -0.352 e. The van der Waals surface area contributed by atoms with Gasteiger partial charge in [0.15, 0.2) is 0 Å². The highest BCUT2D eigenvalue weighted by atomic mass is 19.1. The number of carbonyl (C=O) groups excluding carboxylic acids is 2. The summed E-state index contributed by atoms with van der Waals surface area (Å²) in [4.78, 5) is 27.1. The number of halogens is 1. The van der Waals surface area contributed by atoms with Gasteiger partial charge in [-0.2, -0.15) is 0 Å². The van der Waals surface area contributed by atoms with E-state index in [0.29, 0.717) is 6.54 Å². The lowest BCUT2D eigenvalue weighted by Gasteiger charge is -2.27. The molecule has 2 rings (SSSR count). The lowest BCUT2D eigenvalue weighted by Crippen LogP contribution is -2.51. The maximum atomic E-state index is 13.6. The van der Waals surface area contributed by atoms with Crippen LogP contribution in [0.25, 0.3) is 0 Å². The van der Waals surface area contributed by atoms with Crippen LogP contribution in [-0.2, 0) is 16.0 Å². The van der Waals surface area contributed by atoms with Crippen molar-refractivity contribution in [3.63, 3.8) is 0 Å². The number of benzene rings is 2. The van der Waals surface area contributed by atoms with Crippen molar-refractivity contribution in [2.45, 2.75) is 32.4 Å². The van der Waals surface area contributed by atoms with Gasteiger partial charge in [0.2, 0.25) is 11.8 Å². The summed E-state index contributed by atoms with van der Waals surface area (Å²) < 4.78 is 13.6. The number of nitrogens with one attached hydrogen (secondary N) is 2. The minimum atomic E-state index is -0.637. The molecular weight excluding hydrogens is 369 g/mol. The summed E-state index contributed by atoms with van der Waals surface area (Å²) >= 11 is 0. The van der Waals surface area contributed by atoms with Gasteiger partial charge in [-0.15, -0.1) is 0 Å². The normalized spacial score (nSPS) is 13.2. The van der Waals surface area contributed by atoms with Crippen LogP contribution < -0.4 is 10.6 Å². The Bertz CT molecular complexity index is 809. The summed E-state index contributed by atoms with van der Waals surface area (Å²) in [6.07, 6.45) is 0.223. The maximum Gasteiger partial charge on any atom is 0.242 e. The smallest absolute Gasteiger partial charge is 0.242 e. The Morgan fingerprint density at radius 1 is 1.03 bits per heavy atom. The third-order valence-corrected chi connectivity index (χ3v) is 4.80. The third kappa shape index (κ3) is 6.98. The molecule has 0 aliphatic carbocycles. The van der Waals surface area contributed by atoms with Gasteiger partial charge in [0.05, 0.1) is 12.5 Å². The van der Waals surface area contributed by atoms with Crippen molar-refractivity contribution in [3.05, 3.63) is 71.5 Å². The Labute approximate surface area is 172 Å². The van der Waals surface area contributed by atoms with Crippen molar-refractivity contribution < 1.29 is 14.0 Å². The Morgan fingerprint density at radius 3 is 2.31 bits per heavy atom. The first-order valence-electron chi connectivity index (χ1n) is 9.80. The zero-order valence-corrected chi connectivity index (χ0v) is 17.5. The molecule has 29 heavy (non-hydrogen) atoms. The Kier molecular flexibility index (Phi) is 8.34. The Balaban J connectivity index is 1.99. The summed E-state index contributed by atoms with van der Waals surface area (Å²) in [6.45, 7) is 4.10. The van der Waals surface area contributed by atoms with Crippen LogP contribution in [0.5, 0.6) is 0 Å². The Morgan fingerprint density at radius 2 is 1.72 bits per heavy atom. The SMILES string of the molecule is CC(C)C(NC(=O)Cc1ccccc1)C(=O)NCC(c1cccc(F)c1)N(C)C. The average molecular weight is 400 g/mol. The molecule has 0 aliphatic rings. The molecule has 0 heterocycles. The van der Waals surface area contributed by atoms with Crippen LogP contribution in [0.2, 0.25) is 0 Å². The van der Waals surface area contributed by atoms with Crippen molar-refractivity contribution in [3.8, 4) is 0 Å². The average Bonchev–Trinajstić information content (AvgIpc) is 2.66. The zero-order chi connectivity index (χ0) is 21.4. The number of amides is 2. The molecule has 2 unspecified atom stereocenters. The van der Waals surface area contributed by atoms with Gasteiger partial charge in [-0.3, -0.25) is 9.59 Å². The maximum absolute atomic E-state index is 13.6. The second kappa shape index (κ2) is 10.7. The van der Waals surface area contributed by atoms with Gasteiger partial charge < -0.3 is 15.5 Å². The number of carbonyl (C=O) groups is 2. The Hall–Kier alpha value is -2.73. The highest BCUT2D eigenvalue weighted by Gasteiger charge is 2.25. The minimum absolute atomic E-state index is 0.0679. The molecule has 2 amide bonds. The van der Waals surface area contributed by atoms with E-state index in [4.69, 9.17) is 0 Å². The van der Waals surface area contributed by atoms with Crippen LogP contribution >= 0.6 is 0 Å². The van der Waals surface area contributed by atoms with Gasteiger partial charge in [-0.1, -0.05) is 56.3 Å². The molecular formula is C23H30FN3O2. The van der Waals surface area contributed by atoms with E-state index in [1.807, 2.05) is 69.2 Å². The second-order valence-electron chi connectivity index (χ2n) is 7.73. The molecule has 0 aromatic heterocycles. The number of nitrogens with zero attached hydrogens (tertiary/aromatic N) is 1. The fourth-order valence-corrected chi connectivity index (χ4v) is 3.16. The van der Waals surface area contributed by atoms with E-state index in [2.05, 4.69) is 10.6 Å². The molecule has 5 nitrogen and oxygen atoms in total. The van der Waals surface area contributed by atoms with Crippen molar-refractivity contribution in [2.75, 3.05) is 20.6 Å². The fourth-order valence-electron chi connectivity index (χ4n) is 3.16. The molecule has 156 valence electrons. The molecule has 0 saturated heterocycles. The number of hydrogen-bond acceptors (Lipinski definition) is 3. The van der Waals surface area contributed by atoms with Gasteiger partial charge in [0.1, 0.15) is 11.9 Å². The molecule has 2 aromatic carbocycles. The molecule has 0 radical (unpaired) electrons. The van der Waals surface area contributed by atoms with E-state index in [9.17, 15) is 14.0 Å².